The number of aliphatic hydroxyl groups is 1. The minimum atomic E-state index is -0.716. The number of benzene rings is 1. The minimum Gasteiger partial charge on any atom is -0.386 e. The predicted molar refractivity (Wildman–Crippen MR) is 60.2 cm³/mol. The van der Waals surface area contributed by atoms with Crippen molar-refractivity contribution in [1.29, 1.82) is 0 Å². The molecule has 0 heterocycles. The van der Waals surface area contributed by atoms with Crippen molar-refractivity contribution in [3.8, 4) is 0 Å². The Labute approximate surface area is 97.2 Å². The van der Waals surface area contributed by atoms with Crippen LogP contribution in [0, 0.1) is 5.82 Å². The third kappa shape index (κ3) is 3.89. The number of hydrogen-bond donors (Lipinski definition) is 1. The molecule has 0 aliphatic carbocycles. The highest BCUT2D eigenvalue weighted by Crippen LogP contribution is 2.24. The quantitative estimate of drug-likeness (QED) is 0.838. The minimum absolute atomic E-state index is 0.234. The van der Waals surface area contributed by atoms with Crippen LogP contribution in [0.15, 0.2) is 22.7 Å². The molecule has 84 valence electrons. The van der Waals surface area contributed by atoms with Gasteiger partial charge in [-0.2, -0.15) is 0 Å². The van der Waals surface area contributed by atoms with E-state index in [9.17, 15) is 9.50 Å². The Kier molecular flexibility index (Phi) is 5.22. The molecule has 0 fully saturated rings. The summed E-state index contributed by atoms with van der Waals surface area (Å²) in [7, 11) is 0. The summed E-state index contributed by atoms with van der Waals surface area (Å²) in [5, 5.41) is 9.74. The van der Waals surface area contributed by atoms with E-state index in [2.05, 4.69) is 15.9 Å². The van der Waals surface area contributed by atoms with Crippen LogP contribution < -0.4 is 0 Å². The predicted octanol–water partition coefficient (Wildman–Crippen LogP) is 3.05. The molecule has 0 aliphatic heterocycles. The summed E-state index contributed by atoms with van der Waals surface area (Å²) in [5.74, 6) is -0.327. The molecule has 0 bridgehead atoms. The molecule has 1 unspecified atom stereocenters. The zero-order chi connectivity index (χ0) is 11.3. The van der Waals surface area contributed by atoms with Gasteiger partial charge in [-0.1, -0.05) is 28.9 Å². The molecule has 0 spiro atoms. The molecular formula is C11H14BrFO2. The highest BCUT2D eigenvalue weighted by Gasteiger charge is 2.11. The maximum Gasteiger partial charge on any atom is 0.124 e. The second-order valence-electron chi connectivity index (χ2n) is 3.26. The molecule has 15 heavy (non-hydrogen) atoms. The third-order valence-electron chi connectivity index (χ3n) is 1.95. The van der Waals surface area contributed by atoms with Crippen LogP contribution in [0.2, 0.25) is 0 Å². The average Bonchev–Trinajstić information content (AvgIpc) is 2.17. The third-order valence-corrected chi connectivity index (χ3v) is 2.63. The van der Waals surface area contributed by atoms with E-state index in [4.69, 9.17) is 4.74 Å². The molecule has 0 aromatic heterocycles. The van der Waals surface area contributed by atoms with Crippen LogP contribution in [0.1, 0.15) is 25.0 Å². The van der Waals surface area contributed by atoms with Gasteiger partial charge in [0.15, 0.2) is 0 Å². The Balaban J connectivity index is 2.61. The van der Waals surface area contributed by atoms with E-state index in [0.717, 1.165) is 6.42 Å². The van der Waals surface area contributed by atoms with Crippen molar-refractivity contribution in [3.05, 3.63) is 34.1 Å². The van der Waals surface area contributed by atoms with Crippen molar-refractivity contribution in [1.82, 2.24) is 0 Å². The number of rotatable bonds is 5. The number of halogens is 2. The van der Waals surface area contributed by atoms with Crippen molar-refractivity contribution >= 4 is 15.9 Å². The van der Waals surface area contributed by atoms with Gasteiger partial charge in [-0.3, -0.25) is 0 Å². The maximum absolute atomic E-state index is 12.8. The molecule has 0 radical (unpaired) electrons. The Bertz CT molecular complexity index is 317. The van der Waals surface area contributed by atoms with Gasteiger partial charge in [0, 0.05) is 11.1 Å². The van der Waals surface area contributed by atoms with Crippen LogP contribution in [-0.4, -0.2) is 18.3 Å². The SMILES string of the molecule is CCCOCC(O)c1ccc(F)cc1Br. The molecule has 4 heteroatoms. The van der Waals surface area contributed by atoms with Gasteiger partial charge in [0.05, 0.1) is 6.61 Å². The van der Waals surface area contributed by atoms with Crippen molar-refractivity contribution in [2.75, 3.05) is 13.2 Å². The molecule has 1 N–H and O–H groups in total. The van der Waals surface area contributed by atoms with E-state index in [0.29, 0.717) is 16.6 Å². The fourth-order valence-electron chi connectivity index (χ4n) is 1.20. The summed E-state index contributed by atoms with van der Waals surface area (Å²) in [6.45, 7) is 2.86. The topological polar surface area (TPSA) is 29.5 Å². The first kappa shape index (κ1) is 12.6. The first-order valence-electron chi connectivity index (χ1n) is 4.86. The largest absolute Gasteiger partial charge is 0.386 e. The summed E-state index contributed by atoms with van der Waals surface area (Å²) in [6.07, 6.45) is 0.198. The lowest BCUT2D eigenvalue weighted by Gasteiger charge is -2.12. The summed E-state index contributed by atoms with van der Waals surface area (Å²) in [4.78, 5) is 0. The Hall–Kier alpha value is -0.450. The van der Waals surface area contributed by atoms with Crippen LogP contribution in [0.5, 0.6) is 0 Å². The van der Waals surface area contributed by atoms with Crippen LogP contribution in [0.3, 0.4) is 0 Å². The second kappa shape index (κ2) is 6.20. The molecule has 1 rings (SSSR count). The van der Waals surface area contributed by atoms with Gasteiger partial charge in [0.25, 0.3) is 0 Å². The fraction of sp³-hybridized carbons (Fsp3) is 0.455. The molecule has 0 aliphatic rings. The first-order valence-corrected chi connectivity index (χ1v) is 5.65. The van der Waals surface area contributed by atoms with E-state index >= 15 is 0 Å². The summed E-state index contributed by atoms with van der Waals surface area (Å²) >= 11 is 3.20. The van der Waals surface area contributed by atoms with Gasteiger partial charge in [-0.15, -0.1) is 0 Å². The normalized spacial score (nSPS) is 12.8. The van der Waals surface area contributed by atoms with Gasteiger partial charge in [0.1, 0.15) is 11.9 Å². The van der Waals surface area contributed by atoms with E-state index in [-0.39, 0.29) is 12.4 Å². The van der Waals surface area contributed by atoms with E-state index in [1.165, 1.54) is 12.1 Å². The first-order chi connectivity index (χ1) is 7.15. The van der Waals surface area contributed by atoms with Crippen LogP contribution >= 0.6 is 15.9 Å². The molecule has 0 saturated heterocycles. The summed E-state index contributed by atoms with van der Waals surface area (Å²) in [5.41, 5.74) is 0.646. The highest BCUT2D eigenvalue weighted by atomic mass is 79.9. The van der Waals surface area contributed by atoms with E-state index < -0.39 is 6.10 Å². The number of hydrogen-bond acceptors (Lipinski definition) is 2. The molecular weight excluding hydrogens is 263 g/mol. The summed E-state index contributed by atoms with van der Waals surface area (Å²) in [6, 6.07) is 4.21. The van der Waals surface area contributed by atoms with E-state index in [1.54, 1.807) is 6.07 Å². The molecule has 1 atom stereocenters. The fourth-order valence-corrected chi connectivity index (χ4v) is 1.82. The van der Waals surface area contributed by atoms with Gasteiger partial charge in [-0.05, 0) is 24.1 Å². The highest BCUT2D eigenvalue weighted by molar-refractivity contribution is 9.10. The van der Waals surface area contributed by atoms with Crippen molar-refractivity contribution in [3.63, 3.8) is 0 Å². The van der Waals surface area contributed by atoms with E-state index in [1.807, 2.05) is 6.92 Å². The van der Waals surface area contributed by atoms with Crippen molar-refractivity contribution < 1.29 is 14.2 Å². The lowest BCUT2D eigenvalue weighted by Crippen LogP contribution is -2.08. The molecule has 1 aromatic carbocycles. The second-order valence-corrected chi connectivity index (χ2v) is 4.11. The standard InChI is InChI=1S/C11H14BrFO2/c1-2-5-15-7-11(14)9-4-3-8(13)6-10(9)12/h3-4,6,11,14H,2,5,7H2,1H3. The summed E-state index contributed by atoms with van der Waals surface area (Å²) < 4.78 is 18.6. The molecule has 0 amide bonds. The van der Waals surface area contributed by atoms with Gasteiger partial charge >= 0.3 is 0 Å². The average molecular weight is 277 g/mol. The number of aliphatic hydroxyl groups excluding tert-OH is 1. The molecule has 0 saturated carbocycles. The monoisotopic (exact) mass is 276 g/mol. The molecule has 1 aromatic rings. The smallest absolute Gasteiger partial charge is 0.124 e. The van der Waals surface area contributed by atoms with Crippen LogP contribution in [-0.2, 0) is 4.74 Å². The van der Waals surface area contributed by atoms with Crippen molar-refractivity contribution in [2.24, 2.45) is 0 Å². The van der Waals surface area contributed by atoms with Crippen LogP contribution in [0.4, 0.5) is 4.39 Å². The lowest BCUT2D eigenvalue weighted by molar-refractivity contribution is 0.0360. The van der Waals surface area contributed by atoms with Gasteiger partial charge in [0.2, 0.25) is 0 Å². The van der Waals surface area contributed by atoms with Gasteiger partial charge in [-0.25, -0.2) is 4.39 Å². The Morgan fingerprint density at radius 3 is 2.87 bits per heavy atom. The Morgan fingerprint density at radius 2 is 2.27 bits per heavy atom. The lowest BCUT2D eigenvalue weighted by atomic mass is 10.1. The zero-order valence-corrected chi connectivity index (χ0v) is 10.1. The van der Waals surface area contributed by atoms with Crippen molar-refractivity contribution in [2.45, 2.75) is 19.4 Å². The Morgan fingerprint density at radius 1 is 1.53 bits per heavy atom. The maximum atomic E-state index is 12.8. The van der Waals surface area contributed by atoms with Crippen LogP contribution in [0.25, 0.3) is 0 Å². The van der Waals surface area contributed by atoms with Gasteiger partial charge < -0.3 is 9.84 Å². The number of ether oxygens (including phenoxy) is 1. The molecule has 2 nitrogen and oxygen atoms in total. The zero-order valence-electron chi connectivity index (χ0n) is 8.54.